The summed E-state index contributed by atoms with van der Waals surface area (Å²) < 4.78 is 66.5. The van der Waals surface area contributed by atoms with E-state index in [9.17, 15) is 22.0 Å². The predicted octanol–water partition coefficient (Wildman–Crippen LogP) is 5.22. The summed E-state index contributed by atoms with van der Waals surface area (Å²) in [6.45, 7) is 0. The average molecular weight is 337 g/mol. The SMILES string of the molecule is Fc1ccccc1-c1cc(F)c(C(F)(F)Br)c(F)c1. The zero-order valence-corrected chi connectivity index (χ0v) is 10.8. The van der Waals surface area contributed by atoms with Crippen molar-refractivity contribution >= 4 is 15.9 Å². The van der Waals surface area contributed by atoms with E-state index in [2.05, 4.69) is 0 Å². The minimum atomic E-state index is -3.82. The summed E-state index contributed by atoms with van der Waals surface area (Å²) in [6, 6.07) is 6.64. The van der Waals surface area contributed by atoms with Crippen LogP contribution in [-0.2, 0) is 4.83 Å². The first kappa shape index (κ1) is 14.0. The first-order valence-corrected chi connectivity index (χ1v) is 5.91. The summed E-state index contributed by atoms with van der Waals surface area (Å²) in [7, 11) is 0. The molecule has 0 aliphatic carbocycles. The first-order valence-electron chi connectivity index (χ1n) is 5.12. The fourth-order valence-electron chi connectivity index (χ4n) is 1.69. The van der Waals surface area contributed by atoms with Crippen LogP contribution in [0.4, 0.5) is 22.0 Å². The van der Waals surface area contributed by atoms with Crippen LogP contribution in [0, 0.1) is 17.5 Å². The molecule has 0 amide bonds. The molecule has 0 saturated carbocycles. The molecule has 0 spiro atoms. The maximum atomic E-state index is 13.6. The first-order chi connectivity index (χ1) is 8.80. The Morgan fingerprint density at radius 2 is 1.37 bits per heavy atom. The van der Waals surface area contributed by atoms with E-state index in [1.54, 1.807) is 0 Å². The fraction of sp³-hybridized carbons (Fsp3) is 0.0769. The molecule has 19 heavy (non-hydrogen) atoms. The van der Waals surface area contributed by atoms with Crippen molar-refractivity contribution in [2.45, 2.75) is 4.83 Å². The maximum absolute atomic E-state index is 13.6. The van der Waals surface area contributed by atoms with Gasteiger partial charge in [0.1, 0.15) is 23.0 Å². The molecule has 2 rings (SSSR count). The Hall–Kier alpha value is -1.43. The normalized spacial score (nSPS) is 11.7. The molecule has 0 fully saturated rings. The molecule has 2 aromatic carbocycles. The number of alkyl halides is 3. The van der Waals surface area contributed by atoms with E-state index >= 15 is 0 Å². The van der Waals surface area contributed by atoms with Crippen molar-refractivity contribution in [3.8, 4) is 11.1 Å². The highest BCUT2D eigenvalue weighted by atomic mass is 79.9. The Morgan fingerprint density at radius 3 is 1.84 bits per heavy atom. The van der Waals surface area contributed by atoms with Crippen LogP contribution in [0.1, 0.15) is 5.56 Å². The van der Waals surface area contributed by atoms with Gasteiger partial charge in [-0.3, -0.25) is 0 Å². The largest absolute Gasteiger partial charge is 0.332 e. The van der Waals surface area contributed by atoms with Crippen molar-refractivity contribution in [3.63, 3.8) is 0 Å². The third-order valence-corrected chi connectivity index (χ3v) is 2.91. The van der Waals surface area contributed by atoms with Crippen LogP contribution in [-0.4, -0.2) is 0 Å². The van der Waals surface area contributed by atoms with Crippen molar-refractivity contribution in [1.29, 1.82) is 0 Å². The van der Waals surface area contributed by atoms with E-state index in [1.165, 1.54) is 18.2 Å². The summed E-state index contributed by atoms with van der Waals surface area (Å²) in [6.07, 6.45) is 0. The lowest BCUT2D eigenvalue weighted by molar-refractivity contribution is 0.105. The van der Waals surface area contributed by atoms with E-state index in [0.717, 1.165) is 6.07 Å². The van der Waals surface area contributed by atoms with Gasteiger partial charge < -0.3 is 0 Å². The Bertz CT molecular complexity index is 596. The van der Waals surface area contributed by atoms with Gasteiger partial charge in [0, 0.05) is 5.56 Å². The number of rotatable bonds is 2. The van der Waals surface area contributed by atoms with E-state index in [-0.39, 0.29) is 11.1 Å². The molecule has 6 heteroatoms. The molecule has 0 bridgehead atoms. The highest BCUT2D eigenvalue weighted by Gasteiger charge is 2.35. The molecule has 2 aromatic rings. The van der Waals surface area contributed by atoms with Crippen molar-refractivity contribution in [1.82, 2.24) is 0 Å². The summed E-state index contributed by atoms with van der Waals surface area (Å²) in [5, 5.41) is 0. The minimum absolute atomic E-state index is 0.0651. The van der Waals surface area contributed by atoms with Crippen molar-refractivity contribution in [2.24, 2.45) is 0 Å². The third kappa shape index (κ3) is 2.78. The molecule has 0 saturated heterocycles. The Balaban J connectivity index is 2.62. The van der Waals surface area contributed by atoms with Crippen LogP contribution in [0.3, 0.4) is 0 Å². The van der Waals surface area contributed by atoms with Gasteiger partial charge in [-0.05, 0) is 39.7 Å². The van der Waals surface area contributed by atoms with Crippen LogP contribution in [0.25, 0.3) is 11.1 Å². The predicted molar refractivity (Wildman–Crippen MR) is 64.6 cm³/mol. The third-order valence-electron chi connectivity index (χ3n) is 2.51. The molecule has 0 nitrogen and oxygen atoms in total. The summed E-state index contributed by atoms with van der Waals surface area (Å²) in [4.78, 5) is -3.82. The number of halogens is 6. The van der Waals surface area contributed by atoms with E-state index in [1.807, 2.05) is 15.9 Å². The molecule has 0 unspecified atom stereocenters. The lowest BCUT2D eigenvalue weighted by atomic mass is 10.0. The summed E-state index contributed by atoms with van der Waals surface area (Å²) >= 11 is 1.90. The van der Waals surface area contributed by atoms with Gasteiger partial charge in [0.25, 0.3) is 0 Å². The van der Waals surface area contributed by atoms with Gasteiger partial charge in [-0.1, -0.05) is 18.2 Å². The second-order valence-corrected chi connectivity index (χ2v) is 4.79. The smallest absolute Gasteiger partial charge is 0.206 e. The Morgan fingerprint density at radius 1 is 0.842 bits per heavy atom. The minimum Gasteiger partial charge on any atom is -0.206 e. The highest BCUT2D eigenvalue weighted by Crippen LogP contribution is 2.39. The lowest BCUT2D eigenvalue weighted by Crippen LogP contribution is -2.09. The topological polar surface area (TPSA) is 0 Å². The molecule has 100 valence electrons. The highest BCUT2D eigenvalue weighted by molar-refractivity contribution is 9.09. The van der Waals surface area contributed by atoms with Gasteiger partial charge in [-0.2, -0.15) is 8.78 Å². The molecular weight excluding hydrogens is 331 g/mol. The average Bonchev–Trinajstić information content (AvgIpc) is 2.26. The van der Waals surface area contributed by atoms with E-state index < -0.39 is 27.8 Å². The van der Waals surface area contributed by atoms with E-state index in [0.29, 0.717) is 12.1 Å². The Kier molecular flexibility index (Phi) is 3.62. The monoisotopic (exact) mass is 336 g/mol. The molecule has 0 aliphatic heterocycles. The van der Waals surface area contributed by atoms with Gasteiger partial charge >= 0.3 is 4.83 Å². The Labute approximate surface area is 114 Å². The van der Waals surface area contributed by atoms with Crippen LogP contribution in [0.15, 0.2) is 36.4 Å². The quantitative estimate of drug-likeness (QED) is 0.521. The van der Waals surface area contributed by atoms with Crippen molar-refractivity contribution < 1.29 is 22.0 Å². The lowest BCUT2D eigenvalue weighted by Gasteiger charge is -2.13. The standard InChI is InChI=1S/C13H6BrF5/c14-13(18,19)12-10(16)5-7(6-11(12)17)8-3-1-2-4-9(8)15/h1-6H. The van der Waals surface area contributed by atoms with Crippen molar-refractivity contribution in [3.05, 3.63) is 59.4 Å². The van der Waals surface area contributed by atoms with Crippen LogP contribution in [0.2, 0.25) is 0 Å². The van der Waals surface area contributed by atoms with E-state index in [4.69, 9.17) is 0 Å². The van der Waals surface area contributed by atoms with Gasteiger partial charge in [-0.15, -0.1) is 0 Å². The molecule has 0 aliphatic rings. The summed E-state index contributed by atoms with van der Waals surface area (Å²) in [5.41, 5.74) is -1.61. The zero-order chi connectivity index (χ0) is 14.2. The summed E-state index contributed by atoms with van der Waals surface area (Å²) in [5.74, 6) is -3.58. The van der Waals surface area contributed by atoms with Crippen LogP contribution in [0.5, 0.6) is 0 Å². The number of benzene rings is 2. The molecule has 0 atom stereocenters. The zero-order valence-electron chi connectivity index (χ0n) is 9.23. The molecule has 0 N–H and O–H groups in total. The maximum Gasteiger partial charge on any atom is 0.332 e. The van der Waals surface area contributed by atoms with Gasteiger partial charge in [-0.25, -0.2) is 13.2 Å². The van der Waals surface area contributed by atoms with Gasteiger partial charge in [0.05, 0.1) is 0 Å². The second kappa shape index (κ2) is 4.92. The molecule has 0 aromatic heterocycles. The van der Waals surface area contributed by atoms with Crippen molar-refractivity contribution in [2.75, 3.05) is 0 Å². The molecular formula is C13H6BrF5. The van der Waals surface area contributed by atoms with Crippen LogP contribution < -0.4 is 0 Å². The van der Waals surface area contributed by atoms with Crippen LogP contribution >= 0.6 is 15.9 Å². The second-order valence-electron chi connectivity index (χ2n) is 3.79. The number of hydrogen-bond donors (Lipinski definition) is 0. The molecule has 0 heterocycles. The van der Waals surface area contributed by atoms with Gasteiger partial charge in [0.2, 0.25) is 0 Å². The van der Waals surface area contributed by atoms with Gasteiger partial charge in [0.15, 0.2) is 0 Å². The fourth-order valence-corrected chi connectivity index (χ4v) is 2.07. The molecule has 0 radical (unpaired) electrons. The number of hydrogen-bond acceptors (Lipinski definition) is 0.